The molecule has 0 saturated heterocycles. The Morgan fingerprint density at radius 2 is 1.77 bits per heavy atom. The van der Waals surface area contributed by atoms with Gasteiger partial charge in [0, 0.05) is 16.8 Å². The summed E-state index contributed by atoms with van der Waals surface area (Å²) in [4.78, 5) is 0. The molecule has 0 saturated carbocycles. The molecule has 0 amide bonds. The van der Waals surface area contributed by atoms with Gasteiger partial charge in [0.05, 0.1) is 11.4 Å². The fraction of sp³-hybridized carbons (Fsp3) is 0. The topological polar surface area (TPSA) is 50.1 Å². The number of benzene rings is 1. The van der Waals surface area contributed by atoms with E-state index < -0.39 is 0 Å². The number of hydrogen-bond donors (Lipinski definition) is 3. The zero-order valence-corrected chi connectivity index (χ0v) is 7.22. The molecule has 1 aromatic rings. The number of hydrazine groups is 1. The Bertz CT molecular complexity index is 393. The number of hydrogen-bond acceptors (Lipinski definition) is 3. The molecule has 4 N–H and O–H groups in total. The normalized spacial score (nSPS) is 14.5. The van der Waals surface area contributed by atoms with Crippen molar-refractivity contribution in [3.8, 4) is 0 Å². The Kier molecular flexibility index (Phi) is 1.52. The first-order chi connectivity index (χ1) is 6.20. The van der Waals surface area contributed by atoms with E-state index >= 15 is 0 Å². The van der Waals surface area contributed by atoms with Crippen LogP contribution < -0.4 is 16.6 Å². The number of anilines is 1. The molecule has 1 heterocycles. The summed E-state index contributed by atoms with van der Waals surface area (Å²) >= 11 is 0. The van der Waals surface area contributed by atoms with Crippen molar-refractivity contribution in [2.45, 2.75) is 0 Å². The standard InChI is InChI=1S/C10H11N3/c1-6-8-4-3-5-9(11)10(8)7(2)13-12-6/h3-5,12-13H,1-2,11H2. The molecule has 1 aromatic carbocycles. The monoisotopic (exact) mass is 173 g/mol. The predicted octanol–water partition coefficient (Wildman–Crippen LogP) is 1.32. The van der Waals surface area contributed by atoms with E-state index in [-0.39, 0.29) is 0 Å². The van der Waals surface area contributed by atoms with Crippen molar-refractivity contribution in [3.63, 3.8) is 0 Å². The Balaban J connectivity index is 2.70. The van der Waals surface area contributed by atoms with Gasteiger partial charge in [0.25, 0.3) is 0 Å². The van der Waals surface area contributed by atoms with Gasteiger partial charge in [0.1, 0.15) is 0 Å². The molecule has 0 aliphatic carbocycles. The smallest absolute Gasteiger partial charge is 0.0568 e. The lowest BCUT2D eigenvalue weighted by Gasteiger charge is -2.24. The first-order valence-corrected chi connectivity index (χ1v) is 3.99. The molecule has 0 unspecified atom stereocenters. The number of rotatable bonds is 0. The molecule has 0 aromatic heterocycles. The van der Waals surface area contributed by atoms with Crippen LogP contribution in [0.5, 0.6) is 0 Å². The van der Waals surface area contributed by atoms with Crippen molar-refractivity contribution in [3.05, 3.63) is 42.5 Å². The van der Waals surface area contributed by atoms with Crippen LogP contribution in [0.25, 0.3) is 11.4 Å². The van der Waals surface area contributed by atoms with E-state index in [4.69, 9.17) is 5.73 Å². The maximum atomic E-state index is 5.82. The number of nitrogens with two attached hydrogens (primary N) is 1. The number of nitrogens with one attached hydrogen (secondary N) is 2. The highest BCUT2D eigenvalue weighted by atomic mass is 15.4. The van der Waals surface area contributed by atoms with Crippen LogP contribution in [0.1, 0.15) is 11.1 Å². The summed E-state index contributed by atoms with van der Waals surface area (Å²) in [7, 11) is 0. The van der Waals surface area contributed by atoms with Crippen LogP contribution in [0.2, 0.25) is 0 Å². The molecule has 0 radical (unpaired) electrons. The van der Waals surface area contributed by atoms with E-state index in [0.29, 0.717) is 0 Å². The van der Waals surface area contributed by atoms with Gasteiger partial charge in [-0.05, 0) is 6.07 Å². The van der Waals surface area contributed by atoms with Gasteiger partial charge in [0.2, 0.25) is 0 Å². The minimum absolute atomic E-state index is 0.720. The maximum absolute atomic E-state index is 5.82. The first-order valence-electron chi connectivity index (χ1n) is 3.99. The molecular weight excluding hydrogens is 162 g/mol. The molecular formula is C10H11N3. The van der Waals surface area contributed by atoms with E-state index in [1.165, 1.54) is 0 Å². The molecule has 0 atom stereocenters. The summed E-state index contributed by atoms with van der Waals surface area (Å²) in [6.45, 7) is 7.72. The third-order valence-corrected chi connectivity index (χ3v) is 2.09. The van der Waals surface area contributed by atoms with Gasteiger partial charge in [-0.25, -0.2) is 0 Å². The van der Waals surface area contributed by atoms with Crippen LogP contribution in [0.3, 0.4) is 0 Å². The zero-order chi connectivity index (χ0) is 9.42. The predicted molar refractivity (Wildman–Crippen MR) is 55.2 cm³/mol. The lowest BCUT2D eigenvalue weighted by atomic mass is 10.00. The first kappa shape index (κ1) is 7.73. The summed E-state index contributed by atoms with van der Waals surface area (Å²) in [5.41, 5.74) is 15.9. The molecule has 13 heavy (non-hydrogen) atoms. The fourth-order valence-corrected chi connectivity index (χ4v) is 1.44. The maximum Gasteiger partial charge on any atom is 0.0568 e. The molecule has 1 aliphatic rings. The lowest BCUT2D eigenvalue weighted by Crippen LogP contribution is -2.33. The SMILES string of the molecule is C=C1NNC(=C)c2c(N)cccc21. The summed E-state index contributed by atoms with van der Waals surface area (Å²) < 4.78 is 0. The van der Waals surface area contributed by atoms with Crippen molar-refractivity contribution in [1.82, 2.24) is 10.9 Å². The van der Waals surface area contributed by atoms with E-state index in [2.05, 4.69) is 24.0 Å². The summed E-state index contributed by atoms with van der Waals surface area (Å²) in [5, 5.41) is 0. The van der Waals surface area contributed by atoms with Crippen LogP contribution in [0, 0.1) is 0 Å². The molecule has 66 valence electrons. The Hall–Kier alpha value is -1.90. The quantitative estimate of drug-likeness (QED) is 0.518. The van der Waals surface area contributed by atoms with Crippen molar-refractivity contribution >= 4 is 17.1 Å². The van der Waals surface area contributed by atoms with Crippen molar-refractivity contribution in [2.75, 3.05) is 5.73 Å². The van der Waals surface area contributed by atoms with Gasteiger partial charge >= 0.3 is 0 Å². The lowest BCUT2D eigenvalue weighted by molar-refractivity contribution is 0.802. The Morgan fingerprint density at radius 3 is 2.46 bits per heavy atom. The second-order valence-electron chi connectivity index (χ2n) is 2.98. The van der Waals surface area contributed by atoms with Gasteiger partial charge in [-0.2, -0.15) is 0 Å². The van der Waals surface area contributed by atoms with E-state index in [9.17, 15) is 0 Å². The molecule has 0 bridgehead atoms. The van der Waals surface area contributed by atoms with Crippen molar-refractivity contribution in [1.29, 1.82) is 0 Å². The highest BCUT2D eigenvalue weighted by Gasteiger charge is 2.16. The van der Waals surface area contributed by atoms with Gasteiger partial charge in [-0.3, -0.25) is 0 Å². The van der Waals surface area contributed by atoms with Crippen molar-refractivity contribution in [2.24, 2.45) is 0 Å². The minimum Gasteiger partial charge on any atom is -0.398 e. The third kappa shape index (κ3) is 1.05. The average Bonchev–Trinajstić information content (AvgIpc) is 2.12. The van der Waals surface area contributed by atoms with E-state index in [1.54, 1.807) is 0 Å². The van der Waals surface area contributed by atoms with Gasteiger partial charge in [0.15, 0.2) is 0 Å². The molecule has 3 heteroatoms. The second-order valence-corrected chi connectivity index (χ2v) is 2.98. The Labute approximate surface area is 76.9 Å². The van der Waals surface area contributed by atoms with Crippen LogP contribution >= 0.6 is 0 Å². The Morgan fingerprint density at radius 1 is 1.08 bits per heavy atom. The molecule has 0 fully saturated rings. The number of fused-ring (bicyclic) bond motifs is 1. The van der Waals surface area contributed by atoms with Gasteiger partial charge in [-0.1, -0.05) is 25.3 Å². The molecule has 0 spiro atoms. The van der Waals surface area contributed by atoms with Crippen LogP contribution in [0.4, 0.5) is 5.69 Å². The van der Waals surface area contributed by atoms with Crippen LogP contribution in [-0.4, -0.2) is 0 Å². The fourth-order valence-electron chi connectivity index (χ4n) is 1.44. The van der Waals surface area contributed by atoms with E-state index in [0.717, 1.165) is 28.2 Å². The summed E-state index contributed by atoms with van der Waals surface area (Å²) in [5.74, 6) is 0. The summed E-state index contributed by atoms with van der Waals surface area (Å²) in [6, 6.07) is 5.72. The number of nitrogen functional groups attached to an aromatic ring is 1. The minimum atomic E-state index is 0.720. The highest BCUT2D eigenvalue weighted by Crippen LogP contribution is 2.28. The van der Waals surface area contributed by atoms with Crippen LogP contribution in [-0.2, 0) is 0 Å². The highest BCUT2D eigenvalue weighted by molar-refractivity contribution is 5.86. The van der Waals surface area contributed by atoms with Gasteiger partial charge in [-0.15, -0.1) is 0 Å². The zero-order valence-electron chi connectivity index (χ0n) is 7.22. The molecule has 3 nitrogen and oxygen atoms in total. The third-order valence-electron chi connectivity index (χ3n) is 2.09. The van der Waals surface area contributed by atoms with E-state index in [1.807, 2.05) is 18.2 Å². The molecule has 2 rings (SSSR count). The van der Waals surface area contributed by atoms with Crippen molar-refractivity contribution < 1.29 is 0 Å². The summed E-state index contributed by atoms with van der Waals surface area (Å²) in [6.07, 6.45) is 0. The van der Waals surface area contributed by atoms with Gasteiger partial charge < -0.3 is 16.6 Å². The van der Waals surface area contributed by atoms with Crippen LogP contribution in [0.15, 0.2) is 31.4 Å². The average molecular weight is 173 g/mol. The molecule has 1 aliphatic heterocycles. The second kappa shape index (κ2) is 2.55. The largest absolute Gasteiger partial charge is 0.398 e.